The molecule has 0 spiro atoms. The largest absolute Gasteiger partial charge is 0.315 e. The van der Waals surface area contributed by atoms with Crippen LogP contribution >= 0.6 is 28.3 Å². The third kappa shape index (κ3) is 3.74. The van der Waals surface area contributed by atoms with Gasteiger partial charge in [-0.3, -0.25) is 0 Å². The molecule has 1 aromatic carbocycles. The van der Waals surface area contributed by atoms with Crippen molar-refractivity contribution in [3.8, 4) is 0 Å². The van der Waals surface area contributed by atoms with E-state index in [4.69, 9.17) is 0 Å². The Morgan fingerprint density at radius 3 is 2.65 bits per heavy atom. The molecule has 20 heavy (non-hydrogen) atoms. The summed E-state index contributed by atoms with van der Waals surface area (Å²) in [5.41, 5.74) is 0. The van der Waals surface area contributed by atoms with Crippen LogP contribution in [0.1, 0.15) is 19.8 Å². The molecule has 2 rings (SSSR count). The monoisotopic (exact) mass is 382 g/mol. The van der Waals surface area contributed by atoms with Crippen LogP contribution < -0.4 is 5.32 Å². The van der Waals surface area contributed by atoms with Gasteiger partial charge in [0, 0.05) is 23.6 Å². The molecule has 1 unspecified atom stereocenters. The Kier molecular flexibility index (Phi) is 6.94. The van der Waals surface area contributed by atoms with E-state index in [1.807, 2.05) is 13.0 Å². The molecule has 114 valence electrons. The summed E-state index contributed by atoms with van der Waals surface area (Å²) < 4.78 is 27.9. The number of nitrogens with zero attached hydrogens (tertiary/aromatic N) is 1. The topological polar surface area (TPSA) is 49.4 Å². The molecule has 1 atom stereocenters. The molecule has 0 aliphatic carbocycles. The van der Waals surface area contributed by atoms with Gasteiger partial charge in [0.25, 0.3) is 0 Å². The van der Waals surface area contributed by atoms with Crippen LogP contribution in [0.3, 0.4) is 0 Å². The quantitative estimate of drug-likeness (QED) is 0.850. The van der Waals surface area contributed by atoms with Crippen LogP contribution in [0.5, 0.6) is 0 Å². The lowest BCUT2D eigenvalue weighted by molar-refractivity contribution is 0.335. The van der Waals surface area contributed by atoms with Crippen molar-refractivity contribution in [3.63, 3.8) is 0 Å². The maximum atomic E-state index is 12.8. The highest BCUT2D eigenvalue weighted by molar-refractivity contribution is 9.10. The Morgan fingerprint density at radius 1 is 1.40 bits per heavy atom. The summed E-state index contributed by atoms with van der Waals surface area (Å²) in [6.45, 7) is 4.20. The van der Waals surface area contributed by atoms with Crippen LogP contribution in [0.15, 0.2) is 33.6 Å². The van der Waals surface area contributed by atoms with Gasteiger partial charge in [0.15, 0.2) is 0 Å². The van der Waals surface area contributed by atoms with Crippen molar-refractivity contribution in [2.45, 2.75) is 30.7 Å². The zero-order valence-corrected chi connectivity index (χ0v) is 14.6. The second kappa shape index (κ2) is 7.75. The van der Waals surface area contributed by atoms with Crippen molar-refractivity contribution in [3.05, 3.63) is 28.7 Å². The number of sulfonamides is 1. The SMILES string of the molecule is CCCN(C1CCNC1)S(=O)(=O)c1ccccc1Br.Cl. The van der Waals surface area contributed by atoms with Crippen molar-refractivity contribution in [1.29, 1.82) is 0 Å². The Labute approximate surface area is 135 Å². The molecule has 7 heteroatoms. The first kappa shape index (κ1) is 17.9. The van der Waals surface area contributed by atoms with Gasteiger partial charge in [-0.1, -0.05) is 19.1 Å². The predicted molar refractivity (Wildman–Crippen MR) is 86.8 cm³/mol. The van der Waals surface area contributed by atoms with Crippen molar-refractivity contribution in [2.24, 2.45) is 0 Å². The molecule has 1 fully saturated rings. The molecule has 1 heterocycles. The van der Waals surface area contributed by atoms with Gasteiger partial charge in [0.1, 0.15) is 0 Å². The average molecular weight is 384 g/mol. The molecule has 0 amide bonds. The van der Waals surface area contributed by atoms with Crippen molar-refractivity contribution in [2.75, 3.05) is 19.6 Å². The van der Waals surface area contributed by atoms with E-state index in [0.29, 0.717) is 15.9 Å². The second-order valence-electron chi connectivity index (χ2n) is 4.69. The molecule has 4 nitrogen and oxygen atoms in total. The first-order chi connectivity index (χ1) is 9.07. The minimum atomic E-state index is -3.43. The fourth-order valence-corrected chi connectivity index (χ4v) is 5.10. The summed E-state index contributed by atoms with van der Waals surface area (Å²) in [5.74, 6) is 0. The Balaban J connectivity index is 0.00000200. The van der Waals surface area contributed by atoms with Crippen LogP contribution in [0.25, 0.3) is 0 Å². The number of halogens is 2. The van der Waals surface area contributed by atoms with E-state index in [0.717, 1.165) is 25.9 Å². The molecular weight excluding hydrogens is 364 g/mol. The Bertz CT molecular complexity index is 533. The fraction of sp³-hybridized carbons (Fsp3) is 0.538. The van der Waals surface area contributed by atoms with Crippen LogP contribution in [0, 0.1) is 0 Å². The van der Waals surface area contributed by atoms with Crippen LogP contribution in [-0.2, 0) is 10.0 Å². The maximum absolute atomic E-state index is 12.8. The average Bonchev–Trinajstić information content (AvgIpc) is 2.89. The number of hydrogen-bond acceptors (Lipinski definition) is 3. The zero-order valence-electron chi connectivity index (χ0n) is 11.4. The van der Waals surface area contributed by atoms with Gasteiger partial charge in [0.2, 0.25) is 10.0 Å². The maximum Gasteiger partial charge on any atom is 0.244 e. The highest BCUT2D eigenvalue weighted by Crippen LogP contribution is 2.27. The molecule has 0 aromatic heterocycles. The van der Waals surface area contributed by atoms with Gasteiger partial charge in [-0.25, -0.2) is 8.42 Å². The molecule has 0 saturated carbocycles. The summed E-state index contributed by atoms with van der Waals surface area (Å²) in [6, 6.07) is 7.07. The van der Waals surface area contributed by atoms with Crippen LogP contribution in [0.4, 0.5) is 0 Å². The van der Waals surface area contributed by atoms with Crippen molar-refractivity contribution >= 4 is 38.4 Å². The molecule has 1 N–H and O–H groups in total. The highest BCUT2D eigenvalue weighted by atomic mass is 79.9. The summed E-state index contributed by atoms with van der Waals surface area (Å²) >= 11 is 3.34. The van der Waals surface area contributed by atoms with Gasteiger partial charge in [-0.2, -0.15) is 4.31 Å². The van der Waals surface area contributed by atoms with E-state index in [2.05, 4.69) is 21.2 Å². The highest BCUT2D eigenvalue weighted by Gasteiger charge is 2.33. The molecule has 1 aliphatic heterocycles. The summed E-state index contributed by atoms with van der Waals surface area (Å²) in [5, 5.41) is 3.23. The molecule has 1 aliphatic rings. The normalized spacial score (nSPS) is 19.1. The molecule has 0 radical (unpaired) electrons. The van der Waals surface area contributed by atoms with E-state index in [1.165, 1.54) is 0 Å². The van der Waals surface area contributed by atoms with E-state index >= 15 is 0 Å². The van der Waals surface area contributed by atoms with Gasteiger partial charge in [-0.05, 0) is 47.4 Å². The van der Waals surface area contributed by atoms with Crippen LogP contribution in [0.2, 0.25) is 0 Å². The van der Waals surface area contributed by atoms with Gasteiger partial charge in [-0.15, -0.1) is 12.4 Å². The summed E-state index contributed by atoms with van der Waals surface area (Å²) in [7, 11) is -3.43. The number of rotatable bonds is 5. The van der Waals surface area contributed by atoms with E-state index in [-0.39, 0.29) is 18.4 Å². The van der Waals surface area contributed by atoms with Crippen molar-refractivity contribution < 1.29 is 8.42 Å². The lowest BCUT2D eigenvalue weighted by Crippen LogP contribution is -2.42. The third-order valence-electron chi connectivity index (χ3n) is 3.31. The van der Waals surface area contributed by atoms with Crippen molar-refractivity contribution in [1.82, 2.24) is 9.62 Å². The summed E-state index contributed by atoms with van der Waals surface area (Å²) in [4.78, 5) is 0.357. The fourth-order valence-electron chi connectivity index (χ4n) is 2.38. The predicted octanol–water partition coefficient (Wildman–Crippen LogP) is 2.63. The molecule has 1 saturated heterocycles. The minimum absolute atomic E-state index is 0. The van der Waals surface area contributed by atoms with E-state index in [1.54, 1.807) is 22.5 Å². The minimum Gasteiger partial charge on any atom is -0.315 e. The Hall–Kier alpha value is -0.140. The van der Waals surface area contributed by atoms with E-state index < -0.39 is 10.0 Å². The zero-order chi connectivity index (χ0) is 13.9. The second-order valence-corrected chi connectivity index (χ2v) is 7.41. The smallest absolute Gasteiger partial charge is 0.244 e. The Morgan fingerprint density at radius 2 is 2.10 bits per heavy atom. The van der Waals surface area contributed by atoms with Gasteiger partial charge < -0.3 is 5.32 Å². The first-order valence-electron chi connectivity index (χ1n) is 6.54. The molecule has 0 bridgehead atoms. The van der Waals surface area contributed by atoms with Crippen LogP contribution in [-0.4, -0.2) is 38.4 Å². The van der Waals surface area contributed by atoms with E-state index in [9.17, 15) is 8.42 Å². The number of hydrogen-bond donors (Lipinski definition) is 1. The first-order valence-corrected chi connectivity index (χ1v) is 8.77. The number of benzene rings is 1. The lowest BCUT2D eigenvalue weighted by Gasteiger charge is -2.27. The third-order valence-corrected chi connectivity index (χ3v) is 6.27. The standard InChI is InChI=1S/C13H19BrN2O2S.ClH/c1-2-9-16(11-7-8-15-10-11)19(17,18)13-6-4-3-5-12(13)14;/h3-6,11,15H,2,7-10H2,1H3;1H. The van der Waals surface area contributed by atoms with Gasteiger partial charge in [0.05, 0.1) is 4.90 Å². The summed E-state index contributed by atoms with van der Waals surface area (Å²) in [6.07, 6.45) is 1.70. The number of nitrogens with one attached hydrogen (secondary N) is 1. The lowest BCUT2D eigenvalue weighted by atomic mass is 10.2. The molecular formula is C13H20BrClN2O2S. The molecule has 1 aromatic rings. The van der Waals surface area contributed by atoms with Gasteiger partial charge >= 0.3 is 0 Å².